The highest BCUT2D eigenvalue weighted by molar-refractivity contribution is 4.95. The molecule has 4 rings (SSSR count). The summed E-state index contributed by atoms with van der Waals surface area (Å²) < 4.78 is 2.16. The summed E-state index contributed by atoms with van der Waals surface area (Å²) in [6.45, 7) is 5.94. The van der Waals surface area contributed by atoms with Gasteiger partial charge in [-0.25, -0.2) is 4.68 Å². The van der Waals surface area contributed by atoms with Crippen molar-refractivity contribution >= 4 is 0 Å². The zero-order valence-corrected chi connectivity index (χ0v) is 14.4. The van der Waals surface area contributed by atoms with Crippen LogP contribution in [0.15, 0.2) is 6.20 Å². The number of hydrogen-bond acceptors (Lipinski definition) is 4. The molecule has 0 bridgehead atoms. The molecule has 1 aliphatic carbocycles. The average Bonchev–Trinajstić information content (AvgIpc) is 2.82. The van der Waals surface area contributed by atoms with E-state index in [0.29, 0.717) is 6.04 Å². The third-order valence-corrected chi connectivity index (χ3v) is 6.11. The van der Waals surface area contributed by atoms with E-state index in [-0.39, 0.29) is 0 Å². The van der Waals surface area contributed by atoms with E-state index in [4.69, 9.17) is 0 Å². The molecule has 1 aromatic heterocycles. The highest BCUT2D eigenvalue weighted by atomic mass is 15.4. The summed E-state index contributed by atoms with van der Waals surface area (Å²) in [5.74, 6) is 0. The minimum absolute atomic E-state index is 0.566. The van der Waals surface area contributed by atoms with Gasteiger partial charge in [-0.3, -0.25) is 4.90 Å². The summed E-state index contributed by atoms with van der Waals surface area (Å²) in [7, 11) is 0. The Kier molecular flexibility index (Phi) is 4.95. The lowest BCUT2D eigenvalue weighted by atomic mass is 9.89. The molecule has 3 heterocycles. The predicted octanol–water partition coefficient (Wildman–Crippen LogP) is 2.84. The molecule has 23 heavy (non-hydrogen) atoms. The molecule has 0 atom stereocenters. The lowest BCUT2D eigenvalue weighted by Crippen LogP contribution is -2.45. The first-order valence-electron chi connectivity index (χ1n) is 9.75. The molecule has 0 radical (unpaired) electrons. The van der Waals surface area contributed by atoms with Gasteiger partial charge in [0.25, 0.3) is 0 Å². The lowest BCUT2D eigenvalue weighted by molar-refractivity contribution is 0.0838. The Morgan fingerprint density at radius 1 is 0.826 bits per heavy atom. The highest BCUT2D eigenvalue weighted by Crippen LogP contribution is 2.30. The van der Waals surface area contributed by atoms with Gasteiger partial charge in [0.1, 0.15) is 0 Å². The van der Waals surface area contributed by atoms with Crippen LogP contribution in [0.2, 0.25) is 0 Å². The Labute approximate surface area is 140 Å². The van der Waals surface area contributed by atoms with Crippen molar-refractivity contribution in [2.24, 2.45) is 0 Å². The normalized spacial score (nSPS) is 26.1. The van der Waals surface area contributed by atoms with E-state index in [9.17, 15) is 0 Å². The van der Waals surface area contributed by atoms with E-state index in [1.807, 2.05) is 0 Å². The summed E-state index contributed by atoms with van der Waals surface area (Å²) in [5, 5.41) is 8.91. The minimum atomic E-state index is 0.566. The van der Waals surface area contributed by atoms with Gasteiger partial charge >= 0.3 is 0 Å². The van der Waals surface area contributed by atoms with Gasteiger partial charge in [-0.15, -0.1) is 5.10 Å². The lowest BCUT2D eigenvalue weighted by Gasteiger charge is -2.41. The largest absolute Gasteiger partial charge is 0.300 e. The smallest absolute Gasteiger partial charge is 0.0967 e. The molecule has 2 saturated heterocycles. The van der Waals surface area contributed by atoms with E-state index in [0.717, 1.165) is 18.3 Å². The SMILES string of the molecule is c1c(CN2CCCCCC2)nnn1C1CCN(C2CCC2)CC1. The van der Waals surface area contributed by atoms with Crippen molar-refractivity contribution in [3.63, 3.8) is 0 Å². The van der Waals surface area contributed by atoms with Gasteiger partial charge in [0, 0.05) is 25.7 Å². The second-order valence-corrected chi connectivity index (χ2v) is 7.73. The zero-order chi connectivity index (χ0) is 15.5. The third kappa shape index (κ3) is 3.77. The highest BCUT2D eigenvalue weighted by Gasteiger charge is 2.29. The van der Waals surface area contributed by atoms with Gasteiger partial charge in [0.15, 0.2) is 0 Å². The Bertz CT molecular complexity index is 479. The molecule has 0 unspecified atom stereocenters. The van der Waals surface area contributed by atoms with Crippen LogP contribution in [0.3, 0.4) is 0 Å². The molecule has 0 N–H and O–H groups in total. The van der Waals surface area contributed by atoms with Crippen molar-refractivity contribution in [1.82, 2.24) is 24.8 Å². The minimum Gasteiger partial charge on any atom is -0.300 e. The summed E-state index contributed by atoms with van der Waals surface area (Å²) in [5.41, 5.74) is 1.16. The van der Waals surface area contributed by atoms with Crippen LogP contribution in [0.5, 0.6) is 0 Å². The van der Waals surface area contributed by atoms with Crippen LogP contribution >= 0.6 is 0 Å². The second kappa shape index (κ2) is 7.31. The van der Waals surface area contributed by atoms with E-state index in [1.54, 1.807) is 0 Å². The van der Waals surface area contributed by atoms with Gasteiger partial charge in [0.2, 0.25) is 0 Å². The fraction of sp³-hybridized carbons (Fsp3) is 0.889. The number of piperidine rings is 1. The number of nitrogens with zero attached hydrogens (tertiary/aromatic N) is 5. The van der Waals surface area contributed by atoms with Crippen molar-refractivity contribution in [3.05, 3.63) is 11.9 Å². The Balaban J connectivity index is 1.29. The maximum Gasteiger partial charge on any atom is 0.0967 e. The first-order chi connectivity index (χ1) is 11.4. The molecular formula is C18H31N5. The van der Waals surface area contributed by atoms with Crippen LogP contribution in [0.1, 0.15) is 69.5 Å². The van der Waals surface area contributed by atoms with Crippen molar-refractivity contribution in [2.45, 2.75) is 76.4 Å². The van der Waals surface area contributed by atoms with Gasteiger partial charge in [0.05, 0.1) is 17.9 Å². The van der Waals surface area contributed by atoms with Crippen LogP contribution in [0.25, 0.3) is 0 Å². The summed E-state index contributed by atoms with van der Waals surface area (Å²) >= 11 is 0. The molecule has 0 amide bonds. The van der Waals surface area contributed by atoms with Crippen molar-refractivity contribution < 1.29 is 0 Å². The van der Waals surface area contributed by atoms with Crippen molar-refractivity contribution in [2.75, 3.05) is 26.2 Å². The maximum atomic E-state index is 4.46. The van der Waals surface area contributed by atoms with E-state index in [2.05, 4.69) is 31.0 Å². The number of rotatable bonds is 4. The Hall–Kier alpha value is -0.940. The first kappa shape index (κ1) is 15.6. The van der Waals surface area contributed by atoms with Gasteiger partial charge in [-0.05, 0) is 51.6 Å². The standard InChI is InChI=1S/C18H31N5/c1-2-4-11-21(10-3-1)14-16-15-23(20-19-16)18-8-12-22(13-9-18)17-6-5-7-17/h15,17-18H,1-14H2. The van der Waals surface area contributed by atoms with Crippen LogP contribution in [0, 0.1) is 0 Å². The third-order valence-electron chi connectivity index (χ3n) is 6.11. The summed E-state index contributed by atoms with van der Waals surface area (Å²) in [4.78, 5) is 5.26. The van der Waals surface area contributed by atoms with Gasteiger partial charge in [-0.1, -0.05) is 24.5 Å². The van der Waals surface area contributed by atoms with Gasteiger partial charge in [-0.2, -0.15) is 0 Å². The molecule has 2 aliphatic heterocycles. The molecule has 1 saturated carbocycles. The summed E-state index contributed by atoms with van der Waals surface area (Å²) in [6, 6.07) is 1.46. The van der Waals surface area contributed by atoms with Crippen molar-refractivity contribution in [1.29, 1.82) is 0 Å². The van der Waals surface area contributed by atoms with Crippen LogP contribution in [-0.4, -0.2) is 57.0 Å². The molecule has 0 aromatic carbocycles. The second-order valence-electron chi connectivity index (χ2n) is 7.73. The molecule has 3 fully saturated rings. The van der Waals surface area contributed by atoms with Crippen LogP contribution in [0.4, 0.5) is 0 Å². The zero-order valence-electron chi connectivity index (χ0n) is 14.4. The molecule has 0 spiro atoms. The number of aromatic nitrogens is 3. The Morgan fingerprint density at radius 2 is 1.57 bits per heavy atom. The van der Waals surface area contributed by atoms with E-state index >= 15 is 0 Å². The first-order valence-corrected chi connectivity index (χ1v) is 9.75. The van der Waals surface area contributed by atoms with Crippen molar-refractivity contribution in [3.8, 4) is 0 Å². The molecular weight excluding hydrogens is 286 g/mol. The molecule has 128 valence electrons. The van der Waals surface area contributed by atoms with E-state index < -0.39 is 0 Å². The fourth-order valence-electron chi connectivity index (χ4n) is 4.36. The monoisotopic (exact) mass is 317 g/mol. The molecule has 1 aromatic rings. The summed E-state index contributed by atoms with van der Waals surface area (Å²) in [6.07, 6.45) is 14.4. The average molecular weight is 317 g/mol. The number of hydrogen-bond donors (Lipinski definition) is 0. The fourth-order valence-corrected chi connectivity index (χ4v) is 4.36. The Morgan fingerprint density at radius 3 is 2.22 bits per heavy atom. The topological polar surface area (TPSA) is 37.2 Å². The van der Waals surface area contributed by atoms with Gasteiger partial charge < -0.3 is 4.90 Å². The van der Waals surface area contributed by atoms with Crippen LogP contribution < -0.4 is 0 Å². The van der Waals surface area contributed by atoms with Crippen LogP contribution in [-0.2, 0) is 6.54 Å². The molecule has 5 nitrogen and oxygen atoms in total. The number of likely N-dealkylation sites (tertiary alicyclic amines) is 2. The predicted molar refractivity (Wildman–Crippen MR) is 91.3 cm³/mol. The van der Waals surface area contributed by atoms with E-state index in [1.165, 1.54) is 84.0 Å². The molecule has 3 aliphatic rings. The molecule has 5 heteroatoms. The quantitative estimate of drug-likeness (QED) is 0.856. The maximum absolute atomic E-state index is 4.46.